The number of likely N-dealkylation sites (N-methyl/N-ethyl adjacent to an activating group) is 1. The Morgan fingerprint density at radius 2 is 1.77 bits per heavy atom. The van der Waals surface area contributed by atoms with Crippen molar-refractivity contribution in [2.24, 2.45) is 0 Å². The number of hydrogen-bond acceptors (Lipinski definition) is 5. The molecule has 0 bridgehead atoms. The lowest BCUT2D eigenvalue weighted by Gasteiger charge is -2.35. The van der Waals surface area contributed by atoms with Crippen LogP contribution in [0.1, 0.15) is 31.2 Å². The van der Waals surface area contributed by atoms with Gasteiger partial charge in [0.2, 0.25) is 5.92 Å². The van der Waals surface area contributed by atoms with Crippen LogP contribution in [0.4, 0.5) is 37.7 Å². The molecular weight excluding hydrogens is 584 g/mol. The second kappa shape index (κ2) is 12.7. The van der Waals surface area contributed by atoms with Gasteiger partial charge < -0.3 is 25.8 Å². The number of anilines is 2. The highest BCUT2D eigenvalue weighted by molar-refractivity contribution is 6.09. The van der Waals surface area contributed by atoms with Crippen LogP contribution in [0, 0.1) is 5.82 Å². The van der Waals surface area contributed by atoms with Gasteiger partial charge in [0.25, 0.3) is 5.91 Å². The Balaban J connectivity index is 1.42. The van der Waals surface area contributed by atoms with Crippen molar-refractivity contribution >= 4 is 17.3 Å². The number of nitrogens with one attached hydrogen (secondary N) is 3. The summed E-state index contributed by atoms with van der Waals surface area (Å²) in [5, 5.41) is 8.51. The van der Waals surface area contributed by atoms with E-state index in [0.717, 1.165) is 30.9 Å². The zero-order chi connectivity index (χ0) is 31.6. The van der Waals surface area contributed by atoms with Crippen molar-refractivity contribution in [3.8, 4) is 11.1 Å². The van der Waals surface area contributed by atoms with Crippen molar-refractivity contribution in [3.63, 3.8) is 0 Å². The molecule has 0 atom stereocenters. The maximum absolute atomic E-state index is 15.2. The van der Waals surface area contributed by atoms with E-state index in [1.54, 1.807) is 30.3 Å². The predicted octanol–water partition coefficient (Wildman–Crippen LogP) is 6.34. The van der Waals surface area contributed by atoms with Gasteiger partial charge in [-0.3, -0.25) is 4.79 Å². The standard InChI is InChI=1S/C32H35F6N5O/c1-20-15-26(32(36,37)38)25(19-39-20)30(44)41-28-17-22(4-6-29(28)43-13-11-42(2)12-14-43)24-16-21(3-5-27(24)33)18-40-23-7-9-31(34,35)10-8-23/h3-6,15-17,19,23,39-40H,1,7-14,18H2,2H3,(H,41,44). The third-order valence-corrected chi connectivity index (χ3v) is 8.30. The van der Waals surface area contributed by atoms with Gasteiger partial charge >= 0.3 is 6.18 Å². The normalized spacial score (nSPS) is 19.7. The van der Waals surface area contributed by atoms with Crippen molar-refractivity contribution in [1.29, 1.82) is 0 Å². The first-order valence-electron chi connectivity index (χ1n) is 14.5. The lowest BCUT2D eigenvalue weighted by molar-refractivity contribution is -0.115. The molecule has 2 heterocycles. The number of dihydropyridines is 1. The van der Waals surface area contributed by atoms with Crippen LogP contribution in [0.3, 0.4) is 0 Å². The summed E-state index contributed by atoms with van der Waals surface area (Å²) in [7, 11) is 1.98. The third-order valence-electron chi connectivity index (χ3n) is 8.30. The largest absolute Gasteiger partial charge is 0.417 e. The van der Waals surface area contributed by atoms with Crippen molar-refractivity contribution in [2.45, 2.75) is 50.4 Å². The van der Waals surface area contributed by atoms with Crippen LogP contribution in [0.5, 0.6) is 0 Å². The SMILES string of the molecule is C=C1C=C(C(F)(F)F)C(C(=O)Nc2cc(-c3cc(CNC4CCC(F)(F)CC4)ccc3F)ccc2N2CCN(C)CC2)=CN1. The first-order valence-corrected chi connectivity index (χ1v) is 14.5. The van der Waals surface area contributed by atoms with Crippen LogP contribution < -0.4 is 20.9 Å². The highest BCUT2D eigenvalue weighted by Crippen LogP contribution is 2.37. The lowest BCUT2D eigenvalue weighted by Crippen LogP contribution is -2.44. The van der Waals surface area contributed by atoms with E-state index in [4.69, 9.17) is 0 Å². The molecule has 3 N–H and O–H groups in total. The van der Waals surface area contributed by atoms with Crippen LogP contribution in [0.2, 0.25) is 0 Å². The first-order chi connectivity index (χ1) is 20.8. The molecule has 1 saturated carbocycles. The maximum atomic E-state index is 15.2. The molecule has 2 aliphatic heterocycles. The molecular formula is C32H35F6N5O. The minimum absolute atomic E-state index is 0.000250. The summed E-state index contributed by atoms with van der Waals surface area (Å²) in [5.41, 5.74) is 0.537. The molecule has 0 unspecified atom stereocenters. The van der Waals surface area contributed by atoms with E-state index in [0.29, 0.717) is 43.7 Å². The number of benzene rings is 2. The monoisotopic (exact) mass is 619 g/mol. The smallest absolute Gasteiger partial charge is 0.367 e. The number of rotatable bonds is 7. The molecule has 1 aliphatic carbocycles. The fourth-order valence-electron chi connectivity index (χ4n) is 5.69. The highest BCUT2D eigenvalue weighted by atomic mass is 19.4. The number of amides is 1. The summed E-state index contributed by atoms with van der Waals surface area (Å²) in [6.07, 6.45) is -2.67. The zero-order valence-corrected chi connectivity index (χ0v) is 24.3. The molecule has 5 rings (SSSR count). The van der Waals surface area contributed by atoms with E-state index in [-0.39, 0.29) is 35.8 Å². The Kier molecular flexibility index (Phi) is 9.12. The number of nitrogens with zero attached hydrogens (tertiary/aromatic N) is 2. The van der Waals surface area contributed by atoms with Gasteiger partial charge in [-0.15, -0.1) is 0 Å². The average Bonchev–Trinajstić information content (AvgIpc) is 2.97. The molecule has 2 aromatic rings. The van der Waals surface area contributed by atoms with E-state index in [1.807, 2.05) is 11.9 Å². The Bertz CT molecular complexity index is 1470. The van der Waals surface area contributed by atoms with E-state index >= 15 is 4.39 Å². The molecule has 0 aromatic heterocycles. The quantitative estimate of drug-likeness (QED) is 0.316. The molecule has 6 nitrogen and oxygen atoms in total. The number of hydrogen-bond donors (Lipinski definition) is 3. The number of allylic oxidation sites excluding steroid dienone is 1. The molecule has 2 aromatic carbocycles. The molecule has 1 amide bonds. The Morgan fingerprint density at radius 1 is 1.07 bits per heavy atom. The minimum Gasteiger partial charge on any atom is -0.367 e. The van der Waals surface area contributed by atoms with Gasteiger partial charge in [-0.05, 0) is 61.4 Å². The van der Waals surface area contributed by atoms with Gasteiger partial charge in [0.1, 0.15) is 5.82 Å². The van der Waals surface area contributed by atoms with Gasteiger partial charge in [0, 0.05) is 69.1 Å². The summed E-state index contributed by atoms with van der Waals surface area (Å²) in [5.74, 6) is -4.12. The number of piperazine rings is 1. The van der Waals surface area contributed by atoms with E-state index < -0.39 is 35.0 Å². The van der Waals surface area contributed by atoms with Crippen LogP contribution in [-0.2, 0) is 11.3 Å². The highest BCUT2D eigenvalue weighted by Gasteiger charge is 2.40. The molecule has 44 heavy (non-hydrogen) atoms. The summed E-state index contributed by atoms with van der Waals surface area (Å²) < 4.78 is 83.6. The van der Waals surface area contributed by atoms with Gasteiger partial charge in [0.05, 0.1) is 22.5 Å². The molecule has 236 valence electrons. The van der Waals surface area contributed by atoms with Crippen LogP contribution in [0.25, 0.3) is 11.1 Å². The Hall–Kier alpha value is -3.77. The number of alkyl halides is 5. The molecule has 3 aliphatic rings. The molecule has 0 spiro atoms. The number of carbonyl (C=O) groups is 1. The van der Waals surface area contributed by atoms with Crippen molar-refractivity contribution in [2.75, 3.05) is 43.4 Å². The topological polar surface area (TPSA) is 59.6 Å². The second-order valence-electron chi connectivity index (χ2n) is 11.6. The van der Waals surface area contributed by atoms with Gasteiger partial charge in [-0.2, -0.15) is 13.2 Å². The zero-order valence-electron chi connectivity index (χ0n) is 24.3. The van der Waals surface area contributed by atoms with Crippen molar-refractivity contribution in [1.82, 2.24) is 15.5 Å². The number of carbonyl (C=O) groups excluding carboxylic acids is 1. The summed E-state index contributed by atoms with van der Waals surface area (Å²) in [6.45, 7) is 6.59. The van der Waals surface area contributed by atoms with Crippen LogP contribution in [-0.4, -0.2) is 62.2 Å². The van der Waals surface area contributed by atoms with Crippen LogP contribution >= 0.6 is 0 Å². The second-order valence-corrected chi connectivity index (χ2v) is 11.6. The number of halogens is 6. The minimum atomic E-state index is -4.79. The van der Waals surface area contributed by atoms with Crippen LogP contribution in [0.15, 0.2) is 72.1 Å². The van der Waals surface area contributed by atoms with E-state index in [9.17, 15) is 26.7 Å². The Morgan fingerprint density at radius 3 is 2.45 bits per heavy atom. The van der Waals surface area contributed by atoms with Gasteiger partial charge in [-0.1, -0.05) is 18.7 Å². The maximum Gasteiger partial charge on any atom is 0.417 e. The Labute approximate surface area is 252 Å². The fourth-order valence-corrected chi connectivity index (χ4v) is 5.69. The van der Waals surface area contributed by atoms with Gasteiger partial charge in [-0.25, -0.2) is 13.2 Å². The molecule has 1 saturated heterocycles. The third kappa shape index (κ3) is 7.47. The lowest BCUT2D eigenvalue weighted by atomic mass is 9.92. The molecule has 12 heteroatoms. The predicted molar refractivity (Wildman–Crippen MR) is 159 cm³/mol. The average molecular weight is 620 g/mol. The van der Waals surface area contributed by atoms with E-state index in [2.05, 4.69) is 27.4 Å². The fraction of sp³-hybridized carbons (Fsp3) is 0.406. The van der Waals surface area contributed by atoms with Crippen molar-refractivity contribution < 1.29 is 31.1 Å². The van der Waals surface area contributed by atoms with Gasteiger partial charge in [0.15, 0.2) is 0 Å². The first kappa shape index (κ1) is 31.6. The molecule has 0 radical (unpaired) electrons. The summed E-state index contributed by atoms with van der Waals surface area (Å²) >= 11 is 0. The van der Waals surface area contributed by atoms with E-state index in [1.165, 1.54) is 6.07 Å². The van der Waals surface area contributed by atoms with Crippen molar-refractivity contribution in [3.05, 3.63) is 83.5 Å². The summed E-state index contributed by atoms with van der Waals surface area (Å²) in [6, 6.07) is 9.54. The summed E-state index contributed by atoms with van der Waals surface area (Å²) in [4.78, 5) is 17.5. The molecule has 2 fully saturated rings.